The first-order valence-corrected chi connectivity index (χ1v) is 9.03. The number of aromatic nitrogens is 2. The van der Waals surface area contributed by atoms with Crippen LogP contribution in [0.3, 0.4) is 0 Å². The van der Waals surface area contributed by atoms with Crippen molar-refractivity contribution >= 4 is 35.7 Å². The zero-order valence-electron chi connectivity index (χ0n) is 15.4. The molecule has 0 aliphatic rings. The quantitative estimate of drug-likeness (QED) is 0.440. The minimum Gasteiger partial charge on any atom is -0.489 e. The second kappa shape index (κ2) is 11.3. The SMILES string of the molecule is Cl.Nc1nonc1C(=O)NCCNCc1cc(Cl)ccc1OCc1ccccc1. The molecule has 154 valence electrons. The Bertz CT molecular complexity index is 921. The lowest BCUT2D eigenvalue weighted by molar-refractivity contribution is 0.0944. The Kier molecular flexibility index (Phi) is 8.72. The Hall–Kier alpha value is -2.81. The van der Waals surface area contributed by atoms with E-state index in [9.17, 15) is 4.79 Å². The van der Waals surface area contributed by atoms with Crippen LogP contribution in [0.25, 0.3) is 0 Å². The monoisotopic (exact) mass is 437 g/mol. The van der Waals surface area contributed by atoms with Gasteiger partial charge >= 0.3 is 0 Å². The second-order valence-corrected chi connectivity index (χ2v) is 6.39. The molecule has 4 N–H and O–H groups in total. The van der Waals surface area contributed by atoms with Crippen LogP contribution < -0.4 is 21.1 Å². The van der Waals surface area contributed by atoms with Crippen molar-refractivity contribution in [3.63, 3.8) is 0 Å². The van der Waals surface area contributed by atoms with E-state index in [4.69, 9.17) is 22.1 Å². The molecular weight excluding hydrogens is 417 g/mol. The van der Waals surface area contributed by atoms with E-state index in [1.807, 2.05) is 42.5 Å². The molecule has 0 radical (unpaired) electrons. The Balaban J connectivity index is 0.00000300. The van der Waals surface area contributed by atoms with Crippen molar-refractivity contribution in [3.05, 3.63) is 70.4 Å². The van der Waals surface area contributed by atoms with Crippen LogP contribution in [0.4, 0.5) is 5.82 Å². The normalized spacial score (nSPS) is 10.2. The first-order chi connectivity index (χ1) is 13.6. The minimum absolute atomic E-state index is 0. The molecule has 0 bridgehead atoms. The third kappa shape index (κ3) is 6.63. The fourth-order valence-corrected chi connectivity index (χ4v) is 2.68. The number of anilines is 1. The van der Waals surface area contributed by atoms with E-state index in [-0.39, 0.29) is 23.9 Å². The van der Waals surface area contributed by atoms with Gasteiger partial charge in [0.15, 0.2) is 0 Å². The third-order valence-corrected chi connectivity index (χ3v) is 4.13. The summed E-state index contributed by atoms with van der Waals surface area (Å²) < 4.78 is 10.3. The Morgan fingerprint density at radius 3 is 2.66 bits per heavy atom. The molecule has 2 aromatic carbocycles. The largest absolute Gasteiger partial charge is 0.489 e. The van der Waals surface area contributed by atoms with E-state index in [0.717, 1.165) is 16.9 Å². The van der Waals surface area contributed by atoms with Crippen LogP contribution in [0.2, 0.25) is 5.02 Å². The number of nitrogens with zero attached hydrogens (tertiary/aromatic N) is 2. The maximum absolute atomic E-state index is 11.9. The van der Waals surface area contributed by atoms with Crippen LogP contribution in [0.5, 0.6) is 5.75 Å². The predicted octanol–water partition coefficient (Wildman–Crippen LogP) is 2.83. The summed E-state index contributed by atoms with van der Waals surface area (Å²) in [5.74, 6) is 0.283. The highest BCUT2D eigenvalue weighted by Gasteiger charge is 2.15. The van der Waals surface area contributed by atoms with Gasteiger partial charge < -0.3 is 21.1 Å². The highest BCUT2D eigenvalue weighted by atomic mass is 35.5. The van der Waals surface area contributed by atoms with Gasteiger partial charge in [0.25, 0.3) is 5.91 Å². The molecule has 0 unspecified atom stereocenters. The van der Waals surface area contributed by atoms with Crippen LogP contribution in [0.1, 0.15) is 21.6 Å². The summed E-state index contributed by atoms with van der Waals surface area (Å²) in [4.78, 5) is 11.9. The van der Waals surface area contributed by atoms with Crippen LogP contribution in [-0.2, 0) is 13.2 Å². The Morgan fingerprint density at radius 1 is 1.14 bits per heavy atom. The minimum atomic E-state index is -0.435. The Labute approximate surface area is 179 Å². The predicted molar refractivity (Wildman–Crippen MR) is 112 cm³/mol. The standard InChI is InChI=1S/C19H20ClN5O3.ClH/c20-15-6-7-16(27-12-13-4-2-1-3-5-13)14(10-15)11-22-8-9-23-19(26)17-18(21)25-28-24-17;/h1-7,10,22H,8-9,11-12H2,(H2,21,25)(H,23,26);1H. The first kappa shape index (κ1) is 22.5. The summed E-state index contributed by atoms with van der Waals surface area (Å²) in [5.41, 5.74) is 7.47. The van der Waals surface area contributed by atoms with Gasteiger partial charge in [0.2, 0.25) is 11.5 Å². The number of nitrogens with two attached hydrogens (primary N) is 1. The van der Waals surface area contributed by atoms with Crippen molar-refractivity contribution in [2.24, 2.45) is 0 Å². The highest BCUT2D eigenvalue weighted by Crippen LogP contribution is 2.23. The van der Waals surface area contributed by atoms with Crippen molar-refractivity contribution in [1.29, 1.82) is 0 Å². The number of amides is 1. The maximum Gasteiger partial charge on any atom is 0.277 e. The highest BCUT2D eigenvalue weighted by molar-refractivity contribution is 6.30. The molecule has 0 saturated carbocycles. The molecule has 1 amide bonds. The van der Waals surface area contributed by atoms with Gasteiger partial charge in [-0.25, -0.2) is 4.63 Å². The average Bonchev–Trinajstić information content (AvgIpc) is 3.14. The van der Waals surface area contributed by atoms with Crippen molar-refractivity contribution < 1.29 is 14.2 Å². The van der Waals surface area contributed by atoms with Crippen molar-refractivity contribution in [2.45, 2.75) is 13.2 Å². The lowest BCUT2D eigenvalue weighted by Gasteiger charge is -2.13. The van der Waals surface area contributed by atoms with E-state index in [1.54, 1.807) is 6.07 Å². The van der Waals surface area contributed by atoms with E-state index in [0.29, 0.717) is 31.3 Å². The number of hydrogen-bond acceptors (Lipinski definition) is 7. The fourth-order valence-electron chi connectivity index (χ4n) is 2.49. The number of carbonyl (C=O) groups is 1. The van der Waals surface area contributed by atoms with E-state index in [1.165, 1.54) is 0 Å². The molecule has 29 heavy (non-hydrogen) atoms. The van der Waals surface area contributed by atoms with Crippen molar-refractivity contribution in [1.82, 2.24) is 20.9 Å². The molecule has 8 nitrogen and oxygen atoms in total. The van der Waals surface area contributed by atoms with E-state index in [2.05, 4.69) is 25.6 Å². The lowest BCUT2D eigenvalue weighted by atomic mass is 10.2. The molecular formula is C19H21Cl2N5O3. The van der Waals surface area contributed by atoms with Gasteiger partial charge in [0.05, 0.1) is 0 Å². The molecule has 0 aliphatic heterocycles. The van der Waals surface area contributed by atoms with E-state index >= 15 is 0 Å². The number of benzene rings is 2. The van der Waals surface area contributed by atoms with Gasteiger partial charge in [-0.15, -0.1) is 12.4 Å². The maximum atomic E-state index is 11.9. The number of nitrogens with one attached hydrogen (secondary N) is 2. The molecule has 0 atom stereocenters. The molecule has 3 aromatic rings. The van der Waals surface area contributed by atoms with Gasteiger partial charge in [-0.2, -0.15) is 0 Å². The van der Waals surface area contributed by atoms with Crippen LogP contribution in [-0.4, -0.2) is 29.3 Å². The smallest absolute Gasteiger partial charge is 0.277 e. The molecule has 0 aliphatic carbocycles. The van der Waals surface area contributed by atoms with Crippen LogP contribution >= 0.6 is 24.0 Å². The van der Waals surface area contributed by atoms with Crippen molar-refractivity contribution in [3.8, 4) is 5.75 Å². The molecule has 3 rings (SSSR count). The second-order valence-electron chi connectivity index (χ2n) is 5.96. The number of ether oxygens (including phenoxy) is 1. The summed E-state index contributed by atoms with van der Waals surface area (Å²) in [6, 6.07) is 15.4. The van der Waals surface area contributed by atoms with Crippen LogP contribution in [0.15, 0.2) is 53.2 Å². The van der Waals surface area contributed by atoms with Crippen molar-refractivity contribution in [2.75, 3.05) is 18.8 Å². The zero-order chi connectivity index (χ0) is 19.8. The summed E-state index contributed by atoms with van der Waals surface area (Å²) in [6.45, 7) is 1.92. The summed E-state index contributed by atoms with van der Waals surface area (Å²) in [6.07, 6.45) is 0. The number of carbonyl (C=O) groups excluding carboxylic acids is 1. The van der Waals surface area contributed by atoms with Gasteiger partial charge in [-0.05, 0) is 34.1 Å². The lowest BCUT2D eigenvalue weighted by Crippen LogP contribution is -2.32. The number of nitrogen functional groups attached to an aromatic ring is 1. The van der Waals surface area contributed by atoms with Gasteiger partial charge in [0, 0.05) is 30.2 Å². The number of halogens is 2. The topological polar surface area (TPSA) is 115 Å². The Morgan fingerprint density at radius 2 is 1.93 bits per heavy atom. The van der Waals surface area contributed by atoms with Gasteiger partial charge in [0.1, 0.15) is 12.4 Å². The molecule has 1 heterocycles. The zero-order valence-corrected chi connectivity index (χ0v) is 17.0. The number of rotatable bonds is 9. The average molecular weight is 438 g/mol. The fraction of sp³-hybridized carbons (Fsp3) is 0.211. The molecule has 0 fully saturated rings. The molecule has 10 heteroatoms. The summed E-state index contributed by atoms with van der Waals surface area (Å²) in [7, 11) is 0. The van der Waals surface area contributed by atoms with Crippen LogP contribution in [0, 0.1) is 0 Å². The molecule has 1 aromatic heterocycles. The van der Waals surface area contributed by atoms with Gasteiger partial charge in [-0.1, -0.05) is 41.9 Å². The first-order valence-electron chi connectivity index (χ1n) is 8.65. The molecule has 0 spiro atoms. The van der Waals surface area contributed by atoms with Gasteiger partial charge in [-0.3, -0.25) is 4.79 Å². The number of hydrogen-bond donors (Lipinski definition) is 3. The molecule has 0 saturated heterocycles. The van der Waals surface area contributed by atoms with E-state index < -0.39 is 5.91 Å². The third-order valence-electron chi connectivity index (χ3n) is 3.89. The summed E-state index contributed by atoms with van der Waals surface area (Å²) >= 11 is 6.11. The summed E-state index contributed by atoms with van der Waals surface area (Å²) in [5, 5.41) is 13.4.